The summed E-state index contributed by atoms with van der Waals surface area (Å²) in [5.41, 5.74) is -7.31. The molecule has 0 amide bonds. The van der Waals surface area contributed by atoms with E-state index in [1.807, 2.05) is 0 Å². The van der Waals surface area contributed by atoms with E-state index >= 15 is 0 Å². The molecule has 31 heteroatoms. The van der Waals surface area contributed by atoms with Crippen LogP contribution in [0.1, 0.15) is 0 Å². The van der Waals surface area contributed by atoms with Gasteiger partial charge >= 0.3 is 85.7 Å². The Hall–Kier alpha value is -1.79. The van der Waals surface area contributed by atoms with Crippen LogP contribution >= 0.6 is 0 Å². The molecule has 0 aromatic heterocycles. The highest BCUT2D eigenvalue weighted by Crippen LogP contribution is 2.68. The van der Waals surface area contributed by atoms with Gasteiger partial charge in [0.25, 0.3) is 0 Å². The number of hydrogen-bond acceptors (Lipinski definition) is 3. The Kier molecular flexibility index (Phi) is 10.9. The number of halogens is 27. The molecule has 0 heterocycles. The Labute approximate surface area is 240 Å². The third-order valence-corrected chi connectivity index (χ3v) is 8.58. The summed E-state index contributed by atoms with van der Waals surface area (Å²) in [5.74, 6) is -103. The smallest absolute Gasteiger partial charge is 0.373 e. The van der Waals surface area contributed by atoms with Crippen LogP contribution in [0.15, 0.2) is 0 Å². The quantitative estimate of drug-likeness (QED) is 0.123. The van der Waals surface area contributed by atoms with Crippen LogP contribution in [0.3, 0.4) is 0 Å². The first-order valence-electron chi connectivity index (χ1n) is 10.2. The Balaban J connectivity index is 7.61. The average Bonchev–Trinajstić information content (AvgIpc) is 2.87. The van der Waals surface area contributed by atoms with Gasteiger partial charge in [-0.05, 0) is 0 Å². The summed E-state index contributed by atoms with van der Waals surface area (Å²) in [6.45, 7) is 0. The highest BCUT2D eigenvalue weighted by molar-refractivity contribution is 6.63. The third-order valence-electron chi connectivity index (χ3n) is 5.88. The van der Waals surface area contributed by atoms with Gasteiger partial charge in [-0.2, -0.15) is 119 Å². The van der Waals surface area contributed by atoms with Crippen molar-refractivity contribution in [1.82, 2.24) is 0 Å². The lowest BCUT2D eigenvalue weighted by Gasteiger charge is -2.46. The van der Waals surface area contributed by atoms with Gasteiger partial charge in [0.1, 0.15) is 0 Å². The Bertz CT molecular complexity index is 1050. The first-order chi connectivity index (χ1) is 19.9. The predicted octanol–water partition coefficient (Wildman–Crippen LogP) is 8.59. The Morgan fingerprint density at radius 3 is 0.553 bits per heavy atom. The first-order valence-corrected chi connectivity index (χ1v) is 11.9. The monoisotopic (exact) mass is 790 g/mol. The lowest BCUT2D eigenvalue weighted by Crippen LogP contribution is -2.80. The molecule has 0 aromatic carbocycles. The summed E-state index contributed by atoms with van der Waals surface area (Å²) in [5, 5.41) is 0. The fraction of sp³-hybridized carbons (Fsp3) is 1.00. The van der Waals surface area contributed by atoms with Crippen LogP contribution in [0.4, 0.5) is 119 Å². The van der Waals surface area contributed by atoms with Crippen molar-refractivity contribution in [2.75, 3.05) is 21.3 Å². The van der Waals surface area contributed by atoms with Crippen molar-refractivity contribution < 1.29 is 132 Å². The molecule has 0 spiro atoms. The van der Waals surface area contributed by atoms with Gasteiger partial charge in [-0.25, -0.2) is 0 Å². The molecule has 0 aliphatic heterocycles. The summed E-state index contributed by atoms with van der Waals surface area (Å²) in [6.07, 6.45) is -8.25. The molecule has 0 saturated heterocycles. The Morgan fingerprint density at radius 2 is 0.404 bits per heavy atom. The number of hydrogen-bond donors (Lipinski definition) is 0. The zero-order valence-corrected chi connectivity index (χ0v) is 22.4. The molecule has 0 saturated carbocycles. The van der Waals surface area contributed by atoms with Crippen molar-refractivity contribution in [3.05, 3.63) is 0 Å². The zero-order chi connectivity index (χ0) is 39.1. The molecule has 0 radical (unpaired) electrons. The number of alkyl halides is 27. The lowest BCUT2D eigenvalue weighted by atomic mass is 9.84. The van der Waals surface area contributed by atoms with Crippen LogP contribution in [-0.4, -0.2) is 107 Å². The first kappa shape index (κ1) is 45.2. The van der Waals surface area contributed by atoms with Crippen molar-refractivity contribution in [2.45, 2.75) is 76.9 Å². The molecule has 0 aromatic rings. The summed E-state index contributed by atoms with van der Waals surface area (Å²) in [4.78, 5) is 0. The fourth-order valence-corrected chi connectivity index (χ4v) is 4.79. The van der Waals surface area contributed by atoms with E-state index in [9.17, 15) is 119 Å². The van der Waals surface area contributed by atoms with Crippen LogP contribution < -0.4 is 0 Å². The molecule has 47 heavy (non-hydrogen) atoms. The molecule has 0 rings (SSSR count). The second-order valence-electron chi connectivity index (χ2n) is 8.56. The van der Waals surface area contributed by atoms with E-state index in [0.29, 0.717) is 0 Å². The molecular formula is C16H9F27O3Si. The standard InChI is InChI=1S/C16H9F27O3Si/c1-44-47(45-2,46-3)16(42,43)14(37,38)12(33,34)10(29,30)8(25,26)6(21,22)4(17,18)5(19,20)7(23,24)9(27,28)11(31,32)13(35,36)15(39,40)41/h1-3H3. The average molecular weight is 790 g/mol. The van der Waals surface area contributed by atoms with Crippen LogP contribution in [-0.2, 0) is 13.3 Å². The molecule has 0 fully saturated rings. The number of rotatable bonds is 15. The SMILES string of the molecule is CO[Si](OC)(OC)C(F)(F)C(F)(F)C(F)(F)C(F)(F)C(F)(F)C(F)(F)C(F)(F)C(F)(F)C(F)(F)C(F)(F)C(F)(F)C(F)(F)C(F)(F)F. The minimum absolute atomic E-state index is 0.241. The van der Waals surface area contributed by atoms with E-state index < -0.39 is 85.7 Å². The second-order valence-corrected chi connectivity index (χ2v) is 11.5. The topological polar surface area (TPSA) is 27.7 Å². The van der Waals surface area contributed by atoms with E-state index in [-0.39, 0.29) is 21.3 Å². The van der Waals surface area contributed by atoms with Gasteiger partial charge in [-0.3, -0.25) is 0 Å². The van der Waals surface area contributed by atoms with Crippen LogP contribution in [0, 0.1) is 0 Å². The largest absolute Gasteiger partial charge is 0.581 e. The van der Waals surface area contributed by atoms with Crippen molar-refractivity contribution in [3.8, 4) is 0 Å². The molecule has 0 atom stereocenters. The van der Waals surface area contributed by atoms with E-state index in [1.54, 1.807) is 0 Å². The van der Waals surface area contributed by atoms with Crippen LogP contribution in [0.25, 0.3) is 0 Å². The third kappa shape index (κ3) is 5.10. The van der Waals surface area contributed by atoms with E-state index in [4.69, 9.17) is 0 Å². The fourth-order valence-electron chi connectivity index (χ4n) is 2.98. The second kappa shape index (κ2) is 11.4. The summed E-state index contributed by atoms with van der Waals surface area (Å²) in [7, 11) is -7.75. The maximum absolute atomic E-state index is 14.3. The van der Waals surface area contributed by atoms with E-state index in [2.05, 4.69) is 13.3 Å². The molecule has 3 nitrogen and oxygen atoms in total. The predicted molar refractivity (Wildman–Crippen MR) is 92.2 cm³/mol. The summed E-state index contributed by atoms with van der Waals surface area (Å²) < 4.78 is 376. The lowest BCUT2D eigenvalue weighted by molar-refractivity contribution is -0.484. The highest BCUT2D eigenvalue weighted by Gasteiger charge is 3.01. The maximum atomic E-state index is 14.3. The van der Waals surface area contributed by atoms with Gasteiger partial charge in [0, 0.05) is 21.3 Å². The van der Waals surface area contributed by atoms with Gasteiger partial charge in [0.05, 0.1) is 0 Å². The van der Waals surface area contributed by atoms with Crippen molar-refractivity contribution >= 4 is 8.80 Å². The molecule has 0 aliphatic carbocycles. The van der Waals surface area contributed by atoms with E-state index in [1.165, 1.54) is 0 Å². The normalized spacial score (nSPS) is 17.0. The van der Waals surface area contributed by atoms with Crippen molar-refractivity contribution in [1.29, 1.82) is 0 Å². The molecule has 284 valence electrons. The van der Waals surface area contributed by atoms with E-state index in [0.717, 1.165) is 0 Å². The van der Waals surface area contributed by atoms with Gasteiger partial charge in [0.15, 0.2) is 0 Å². The van der Waals surface area contributed by atoms with Gasteiger partial charge in [-0.15, -0.1) is 0 Å². The van der Waals surface area contributed by atoms with Gasteiger partial charge < -0.3 is 13.3 Å². The molecule has 0 aliphatic rings. The molecular weight excluding hydrogens is 781 g/mol. The van der Waals surface area contributed by atoms with Crippen molar-refractivity contribution in [3.63, 3.8) is 0 Å². The minimum Gasteiger partial charge on any atom is -0.373 e. The highest BCUT2D eigenvalue weighted by atomic mass is 28.4. The molecule has 0 bridgehead atoms. The zero-order valence-electron chi connectivity index (χ0n) is 21.4. The molecule has 0 N–H and O–H groups in total. The summed E-state index contributed by atoms with van der Waals surface area (Å²) in [6, 6.07) is 0. The minimum atomic E-state index is -9.82. The van der Waals surface area contributed by atoms with Crippen LogP contribution in [0.2, 0.25) is 0 Å². The van der Waals surface area contributed by atoms with Gasteiger partial charge in [-0.1, -0.05) is 0 Å². The van der Waals surface area contributed by atoms with Crippen LogP contribution in [0.5, 0.6) is 0 Å². The summed E-state index contributed by atoms with van der Waals surface area (Å²) >= 11 is 0. The maximum Gasteiger partial charge on any atom is 0.581 e. The van der Waals surface area contributed by atoms with Crippen molar-refractivity contribution in [2.24, 2.45) is 0 Å². The Morgan fingerprint density at radius 1 is 0.255 bits per heavy atom. The van der Waals surface area contributed by atoms with Gasteiger partial charge in [0.2, 0.25) is 0 Å². The molecule has 0 unspecified atom stereocenters.